The summed E-state index contributed by atoms with van der Waals surface area (Å²) in [5.41, 5.74) is 2.92. The molecule has 0 radical (unpaired) electrons. The molecule has 2 atom stereocenters. The fraction of sp³-hybridized carbons (Fsp3) is 0.273. The van der Waals surface area contributed by atoms with Crippen molar-refractivity contribution in [2.24, 2.45) is 4.99 Å². The molecule has 5 rings (SSSR count). The summed E-state index contributed by atoms with van der Waals surface area (Å²) in [6, 6.07) is 16.9. The zero-order valence-electron chi connectivity index (χ0n) is 16.6. The molecule has 8 heteroatoms. The quantitative estimate of drug-likeness (QED) is 0.685. The summed E-state index contributed by atoms with van der Waals surface area (Å²) >= 11 is 0. The van der Waals surface area contributed by atoms with Gasteiger partial charge in [-0.1, -0.05) is 42.5 Å². The molecular weight excluding hydrogens is 380 g/mol. The van der Waals surface area contributed by atoms with Gasteiger partial charge in [0.2, 0.25) is 0 Å². The highest BCUT2D eigenvalue weighted by Crippen LogP contribution is 2.28. The molecule has 2 aliphatic heterocycles. The van der Waals surface area contributed by atoms with Crippen molar-refractivity contribution in [3.8, 4) is 0 Å². The molecule has 0 bridgehead atoms. The number of imide groups is 1. The second kappa shape index (κ2) is 7.29. The average molecular weight is 402 g/mol. The van der Waals surface area contributed by atoms with Gasteiger partial charge in [-0.05, 0) is 24.6 Å². The Morgan fingerprint density at radius 3 is 2.53 bits per heavy atom. The van der Waals surface area contributed by atoms with Crippen molar-refractivity contribution in [3.63, 3.8) is 0 Å². The molecule has 30 heavy (non-hydrogen) atoms. The Balaban J connectivity index is 1.51. The molecule has 3 aromatic rings. The van der Waals surface area contributed by atoms with Gasteiger partial charge in [0.25, 0.3) is 5.91 Å². The highest BCUT2D eigenvalue weighted by atomic mass is 16.2. The molecule has 2 unspecified atom stereocenters. The number of benzene rings is 2. The Bertz CT molecular complexity index is 1110. The van der Waals surface area contributed by atoms with E-state index in [0.29, 0.717) is 19.5 Å². The van der Waals surface area contributed by atoms with E-state index in [1.807, 2.05) is 66.4 Å². The van der Waals surface area contributed by atoms with Crippen LogP contribution in [-0.2, 0) is 17.8 Å². The number of H-pyrrole nitrogens is 1. The van der Waals surface area contributed by atoms with E-state index in [0.717, 1.165) is 28.3 Å². The summed E-state index contributed by atoms with van der Waals surface area (Å²) in [7, 11) is 0. The van der Waals surface area contributed by atoms with E-state index < -0.39 is 18.2 Å². The van der Waals surface area contributed by atoms with Crippen molar-refractivity contribution < 1.29 is 9.59 Å². The number of amides is 3. The molecule has 3 amide bonds. The topological polar surface area (TPSA) is 93.7 Å². The molecule has 0 aliphatic carbocycles. The number of urea groups is 1. The first-order valence-electron chi connectivity index (χ1n) is 10.1. The maximum Gasteiger partial charge on any atom is 0.325 e. The Hall–Kier alpha value is -3.68. The van der Waals surface area contributed by atoms with Gasteiger partial charge in [0, 0.05) is 13.1 Å². The van der Waals surface area contributed by atoms with Crippen LogP contribution in [0.25, 0.3) is 11.0 Å². The Morgan fingerprint density at radius 2 is 1.77 bits per heavy atom. The molecule has 1 fully saturated rings. The zero-order chi connectivity index (χ0) is 20.7. The minimum atomic E-state index is -0.553. The number of aromatic nitrogens is 2. The molecule has 8 nitrogen and oxygen atoms in total. The van der Waals surface area contributed by atoms with Gasteiger partial charge >= 0.3 is 6.03 Å². The molecule has 3 heterocycles. The van der Waals surface area contributed by atoms with Gasteiger partial charge in [-0.3, -0.25) is 15.0 Å². The number of fused-ring (bicyclic) bond motifs is 2. The Labute approximate surface area is 173 Å². The molecule has 1 aromatic heterocycles. The average Bonchev–Trinajstić information content (AvgIpc) is 3.30. The second-order valence-corrected chi connectivity index (χ2v) is 7.48. The number of imidazole rings is 1. The van der Waals surface area contributed by atoms with E-state index in [2.05, 4.69) is 15.3 Å². The summed E-state index contributed by atoms with van der Waals surface area (Å²) in [4.78, 5) is 41.5. The number of amidine groups is 1. The van der Waals surface area contributed by atoms with Gasteiger partial charge in [0.1, 0.15) is 11.7 Å². The maximum atomic E-state index is 12.8. The number of rotatable bonds is 5. The summed E-state index contributed by atoms with van der Waals surface area (Å²) in [5, 5.41) is 2.48. The number of para-hydroxylation sites is 2. The molecule has 2 N–H and O–H groups in total. The molecule has 152 valence electrons. The van der Waals surface area contributed by atoms with Crippen molar-refractivity contribution >= 4 is 28.8 Å². The minimum absolute atomic E-state index is 0.311. The fourth-order valence-electron chi connectivity index (χ4n) is 4.19. The van der Waals surface area contributed by atoms with Gasteiger partial charge < -0.3 is 9.88 Å². The number of carbonyl (C=O) groups excluding carboxylic acids is 2. The molecule has 2 aromatic carbocycles. The second-order valence-electron chi connectivity index (χ2n) is 7.48. The number of nitrogens with zero attached hydrogens (tertiary/aromatic N) is 4. The van der Waals surface area contributed by atoms with Crippen LogP contribution in [0, 0.1) is 0 Å². The lowest BCUT2D eigenvalue weighted by Gasteiger charge is -2.37. The molecule has 1 saturated heterocycles. The SMILES string of the molecule is CCN1C(=O)NC(=O)C2C1N=C(Cc1nc3ccccc3[nH]1)N2Cc1ccccc1. The lowest BCUT2D eigenvalue weighted by molar-refractivity contribution is -0.127. The van der Waals surface area contributed by atoms with Crippen LogP contribution in [0.15, 0.2) is 59.6 Å². The summed E-state index contributed by atoms with van der Waals surface area (Å²) < 4.78 is 0. The van der Waals surface area contributed by atoms with Crippen molar-refractivity contribution in [2.75, 3.05) is 6.54 Å². The predicted molar refractivity (Wildman–Crippen MR) is 113 cm³/mol. The van der Waals surface area contributed by atoms with Crippen molar-refractivity contribution in [1.82, 2.24) is 25.1 Å². The van der Waals surface area contributed by atoms with Gasteiger partial charge in [-0.25, -0.2) is 14.8 Å². The van der Waals surface area contributed by atoms with Gasteiger partial charge in [-0.15, -0.1) is 0 Å². The third kappa shape index (κ3) is 3.10. The summed E-state index contributed by atoms with van der Waals surface area (Å²) in [5.74, 6) is 1.21. The van der Waals surface area contributed by atoms with Gasteiger partial charge in [0.05, 0.1) is 17.5 Å². The molecule has 0 saturated carbocycles. The van der Waals surface area contributed by atoms with E-state index >= 15 is 0 Å². The van der Waals surface area contributed by atoms with Crippen LogP contribution in [0.1, 0.15) is 18.3 Å². The minimum Gasteiger partial charge on any atom is -0.342 e. The first-order chi connectivity index (χ1) is 14.6. The fourth-order valence-corrected chi connectivity index (χ4v) is 4.19. The number of aliphatic imine (C=N–C) groups is 1. The third-order valence-corrected chi connectivity index (χ3v) is 5.61. The first kappa shape index (κ1) is 18.4. The van der Waals surface area contributed by atoms with Crippen molar-refractivity contribution in [1.29, 1.82) is 0 Å². The summed E-state index contributed by atoms with van der Waals surface area (Å²) in [6.45, 7) is 2.89. The number of aromatic amines is 1. The monoisotopic (exact) mass is 402 g/mol. The zero-order valence-corrected chi connectivity index (χ0v) is 16.6. The van der Waals surface area contributed by atoms with Crippen LogP contribution in [0.4, 0.5) is 4.79 Å². The number of carbonyl (C=O) groups is 2. The highest BCUT2D eigenvalue weighted by molar-refractivity contribution is 6.04. The van der Waals surface area contributed by atoms with Crippen LogP contribution in [0.5, 0.6) is 0 Å². The largest absolute Gasteiger partial charge is 0.342 e. The van der Waals surface area contributed by atoms with Crippen LogP contribution in [0.2, 0.25) is 0 Å². The van der Waals surface area contributed by atoms with Crippen LogP contribution >= 0.6 is 0 Å². The third-order valence-electron chi connectivity index (χ3n) is 5.61. The molecule has 2 aliphatic rings. The Kier molecular flexibility index (Phi) is 4.46. The number of hydrogen-bond acceptors (Lipinski definition) is 5. The van der Waals surface area contributed by atoms with Gasteiger partial charge in [-0.2, -0.15) is 0 Å². The first-order valence-corrected chi connectivity index (χ1v) is 10.1. The van der Waals surface area contributed by atoms with Crippen LogP contribution in [-0.4, -0.2) is 56.3 Å². The molecular formula is C22H22N6O2. The highest BCUT2D eigenvalue weighted by Gasteiger charge is 2.49. The molecule has 0 spiro atoms. The van der Waals surface area contributed by atoms with Gasteiger partial charge in [0.15, 0.2) is 12.2 Å². The Morgan fingerprint density at radius 1 is 1.00 bits per heavy atom. The van der Waals surface area contributed by atoms with E-state index in [1.165, 1.54) is 0 Å². The standard InChI is InChI=1S/C22H22N6O2/c1-2-27-20-19(21(29)26-22(27)30)28(13-14-8-4-3-5-9-14)18(25-20)12-17-23-15-10-6-7-11-16(15)24-17/h3-11,19-20H,2,12-13H2,1H3,(H,23,24)(H,26,29,30). The normalized spacial score (nSPS) is 21.0. The van der Waals surface area contributed by atoms with Crippen molar-refractivity contribution in [2.45, 2.75) is 32.1 Å². The van der Waals surface area contributed by atoms with E-state index in [-0.39, 0.29) is 5.91 Å². The summed E-state index contributed by atoms with van der Waals surface area (Å²) in [6.07, 6.45) is -0.0765. The lowest BCUT2D eigenvalue weighted by Crippen LogP contribution is -2.64. The van der Waals surface area contributed by atoms with Crippen LogP contribution < -0.4 is 5.32 Å². The number of nitrogens with one attached hydrogen (secondary N) is 2. The van der Waals surface area contributed by atoms with E-state index in [1.54, 1.807) is 4.90 Å². The predicted octanol–water partition coefficient (Wildman–Crippen LogP) is 2.29. The smallest absolute Gasteiger partial charge is 0.325 e. The number of likely N-dealkylation sites (N-methyl/N-ethyl adjacent to an activating group) is 1. The number of hydrogen-bond donors (Lipinski definition) is 2. The van der Waals surface area contributed by atoms with Crippen molar-refractivity contribution in [3.05, 3.63) is 66.0 Å². The maximum absolute atomic E-state index is 12.8. The van der Waals surface area contributed by atoms with E-state index in [9.17, 15) is 9.59 Å². The van der Waals surface area contributed by atoms with E-state index in [4.69, 9.17) is 4.99 Å². The van der Waals surface area contributed by atoms with Crippen LogP contribution in [0.3, 0.4) is 0 Å². The lowest BCUT2D eigenvalue weighted by atomic mass is 10.1.